The summed E-state index contributed by atoms with van der Waals surface area (Å²) in [4.78, 5) is 30.4. The van der Waals surface area contributed by atoms with Crippen LogP contribution in [0.5, 0.6) is 0 Å². The van der Waals surface area contributed by atoms with Crippen LogP contribution in [-0.2, 0) is 19.2 Å². The van der Waals surface area contributed by atoms with Crippen molar-refractivity contribution in [2.45, 2.75) is 112 Å². The smallest absolute Gasteiger partial charge is 0.251 e. The Morgan fingerprint density at radius 2 is 1.73 bits per heavy atom. The number of carbonyl (C=O) groups excluding carboxylic acids is 2. The molecule has 170 valence electrons. The lowest BCUT2D eigenvalue weighted by molar-refractivity contribution is -0.138. The van der Waals surface area contributed by atoms with Crippen molar-refractivity contribution in [2.24, 2.45) is 0 Å². The molecule has 9 heteroatoms. The van der Waals surface area contributed by atoms with E-state index < -0.39 is 17.7 Å². The SMILES string of the molecule is CC1CC(C(=O)NC23CCC(NC(=O)COC4CCC(Cl)C(F)C4)(CC2)CC3)ON1. The number of halogens is 2. The topological polar surface area (TPSA) is 88.7 Å². The van der Waals surface area contributed by atoms with Crippen LogP contribution >= 0.6 is 11.6 Å². The van der Waals surface area contributed by atoms with Crippen LogP contribution in [0, 0.1) is 0 Å². The molecule has 2 bridgehead atoms. The lowest BCUT2D eigenvalue weighted by Gasteiger charge is -2.54. The van der Waals surface area contributed by atoms with Crippen molar-refractivity contribution in [3.05, 3.63) is 0 Å². The van der Waals surface area contributed by atoms with Crippen molar-refractivity contribution >= 4 is 23.4 Å². The van der Waals surface area contributed by atoms with Crippen molar-refractivity contribution in [1.29, 1.82) is 0 Å². The molecule has 5 aliphatic rings. The molecule has 5 unspecified atom stereocenters. The summed E-state index contributed by atoms with van der Waals surface area (Å²) in [6.45, 7) is 1.95. The van der Waals surface area contributed by atoms with Crippen LogP contribution in [0.2, 0.25) is 0 Å². The fraction of sp³-hybridized carbons (Fsp3) is 0.905. The second-order valence-electron chi connectivity index (χ2n) is 9.74. The average molecular weight is 446 g/mol. The first kappa shape index (κ1) is 22.2. The Morgan fingerprint density at radius 1 is 1.10 bits per heavy atom. The Labute approximate surface area is 182 Å². The number of fused-ring (bicyclic) bond motifs is 3. The maximum Gasteiger partial charge on any atom is 0.251 e. The van der Waals surface area contributed by atoms with Gasteiger partial charge in [0.1, 0.15) is 12.8 Å². The van der Waals surface area contributed by atoms with E-state index in [1.165, 1.54) is 0 Å². The first-order valence-corrected chi connectivity index (χ1v) is 11.7. The van der Waals surface area contributed by atoms with E-state index in [0.29, 0.717) is 19.3 Å². The van der Waals surface area contributed by atoms with E-state index >= 15 is 0 Å². The zero-order chi connectivity index (χ0) is 21.4. The Kier molecular flexibility index (Phi) is 6.59. The van der Waals surface area contributed by atoms with E-state index in [1.54, 1.807) is 0 Å². The van der Waals surface area contributed by atoms with Gasteiger partial charge in [-0.3, -0.25) is 14.4 Å². The molecule has 5 fully saturated rings. The summed E-state index contributed by atoms with van der Waals surface area (Å²) in [6.07, 6.45) is 5.51. The fourth-order valence-electron chi connectivity index (χ4n) is 5.40. The number of carbonyl (C=O) groups is 2. The van der Waals surface area contributed by atoms with Gasteiger partial charge in [-0.05, 0) is 58.3 Å². The maximum atomic E-state index is 13.7. The second-order valence-corrected chi connectivity index (χ2v) is 10.3. The Balaban J connectivity index is 1.22. The van der Waals surface area contributed by atoms with Gasteiger partial charge >= 0.3 is 0 Å². The Hall–Kier alpha value is -0.960. The quantitative estimate of drug-likeness (QED) is 0.546. The molecule has 0 aromatic carbocycles. The van der Waals surface area contributed by atoms with Crippen molar-refractivity contribution < 1.29 is 23.6 Å². The molecule has 7 nitrogen and oxygen atoms in total. The van der Waals surface area contributed by atoms with Gasteiger partial charge in [0.25, 0.3) is 5.91 Å². The highest BCUT2D eigenvalue weighted by Gasteiger charge is 2.50. The third kappa shape index (κ3) is 4.92. The standard InChI is InChI=1S/C21H33ClFN3O4/c1-13-10-17(30-26-13)19(28)25-21-7-4-20(5-8-21,6-9-21)24-18(27)12-29-14-2-3-15(22)16(23)11-14/h13-17,26H,2-12H2,1H3,(H,24,27)(H,25,28). The van der Waals surface area contributed by atoms with Crippen molar-refractivity contribution in [1.82, 2.24) is 16.1 Å². The minimum atomic E-state index is -1.07. The number of hydrogen-bond donors (Lipinski definition) is 3. The van der Waals surface area contributed by atoms with E-state index in [9.17, 15) is 14.0 Å². The van der Waals surface area contributed by atoms with Crippen molar-refractivity contribution in [2.75, 3.05) is 6.61 Å². The van der Waals surface area contributed by atoms with Crippen molar-refractivity contribution in [3.63, 3.8) is 0 Å². The molecule has 4 saturated carbocycles. The highest BCUT2D eigenvalue weighted by atomic mass is 35.5. The van der Waals surface area contributed by atoms with Gasteiger partial charge in [-0.1, -0.05) is 0 Å². The summed E-state index contributed by atoms with van der Waals surface area (Å²) in [5.74, 6) is -0.187. The molecule has 5 rings (SSSR count). The molecule has 1 heterocycles. The largest absolute Gasteiger partial charge is 0.368 e. The van der Waals surface area contributed by atoms with Gasteiger partial charge in [0.05, 0.1) is 11.5 Å². The van der Waals surface area contributed by atoms with Gasteiger partial charge in [-0.15, -0.1) is 11.6 Å². The molecule has 0 aromatic rings. The van der Waals surface area contributed by atoms with Gasteiger partial charge in [0, 0.05) is 30.0 Å². The summed E-state index contributed by atoms with van der Waals surface area (Å²) >= 11 is 5.91. The van der Waals surface area contributed by atoms with Gasteiger partial charge in [0.2, 0.25) is 5.91 Å². The predicted molar refractivity (Wildman–Crippen MR) is 110 cm³/mol. The summed E-state index contributed by atoms with van der Waals surface area (Å²) in [6, 6.07) is 0.182. The number of rotatable bonds is 6. The third-order valence-corrected chi connectivity index (χ3v) is 7.90. The fourth-order valence-corrected chi connectivity index (χ4v) is 5.63. The number of hydroxylamine groups is 1. The first-order valence-electron chi connectivity index (χ1n) is 11.2. The molecule has 1 aliphatic heterocycles. The predicted octanol–water partition coefficient (Wildman–Crippen LogP) is 2.26. The normalized spacial score (nSPS) is 43.4. The highest BCUT2D eigenvalue weighted by Crippen LogP contribution is 2.47. The molecular formula is C21H33ClFN3O4. The molecule has 4 aliphatic carbocycles. The van der Waals surface area contributed by atoms with E-state index in [2.05, 4.69) is 16.1 Å². The minimum absolute atomic E-state index is 0.0435. The average Bonchev–Trinajstić information content (AvgIpc) is 3.17. The van der Waals surface area contributed by atoms with Gasteiger partial charge in [-0.25, -0.2) is 4.39 Å². The molecule has 1 saturated heterocycles. The van der Waals surface area contributed by atoms with E-state index in [1.807, 2.05) is 6.92 Å². The highest BCUT2D eigenvalue weighted by molar-refractivity contribution is 6.21. The van der Waals surface area contributed by atoms with Gasteiger partial charge in [0.15, 0.2) is 6.10 Å². The summed E-state index contributed by atoms with van der Waals surface area (Å²) in [7, 11) is 0. The zero-order valence-corrected chi connectivity index (χ0v) is 18.3. The number of alkyl halides is 2. The summed E-state index contributed by atoms with van der Waals surface area (Å²) in [5, 5.41) is 5.98. The molecule has 2 amide bonds. The van der Waals surface area contributed by atoms with Crippen LogP contribution < -0.4 is 16.1 Å². The van der Waals surface area contributed by atoms with Gasteiger partial charge in [-0.2, -0.15) is 5.48 Å². The van der Waals surface area contributed by atoms with E-state index in [0.717, 1.165) is 38.5 Å². The molecule has 5 atom stereocenters. The van der Waals surface area contributed by atoms with Crippen LogP contribution in [0.3, 0.4) is 0 Å². The monoisotopic (exact) mass is 445 g/mol. The first-order chi connectivity index (χ1) is 14.3. The summed E-state index contributed by atoms with van der Waals surface area (Å²) in [5.41, 5.74) is 2.44. The number of hydrogen-bond acceptors (Lipinski definition) is 5. The lowest BCUT2D eigenvalue weighted by Crippen LogP contribution is -2.64. The van der Waals surface area contributed by atoms with Crippen molar-refractivity contribution in [3.8, 4) is 0 Å². The Bertz CT molecular complexity index is 642. The second kappa shape index (κ2) is 8.88. The molecule has 3 N–H and O–H groups in total. The van der Waals surface area contributed by atoms with Crippen LogP contribution in [0.15, 0.2) is 0 Å². The lowest BCUT2D eigenvalue weighted by atomic mass is 9.61. The maximum absolute atomic E-state index is 13.7. The number of amides is 2. The zero-order valence-electron chi connectivity index (χ0n) is 17.6. The van der Waals surface area contributed by atoms with E-state index in [4.69, 9.17) is 21.2 Å². The number of ether oxygens (including phenoxy) is 1. The third-order valence-electron chi connectivity index (χ3n) is 7.41. The molecule has 30 heavy (non-hydrogen) atoms. The van der Waals surface area contributed by atoms with Crippen LogP contribution in [0.4, 0.5) is 4.39 Å². The minimum Gasteiger partial charge on any atom is -0.368 e. The molecule has 0 radical (unpaired) electrons. The van der Waals surface area contributed by atoms with E-state index in [-0.39, 0.29) is 48.1 Å². The summed E-state index contributed by atoms with van der Waals surface area (Å²) < 4.78 is 19.4. The molecule has 0 spiro atoms. The molecule has 0 aromatic heterocycles. The van der Waals surface area contributed by atoms with Crippen LogP contribution in [-0.4, -0.2) is 59.3 Å². The van der Waals surface area contributed by atoms with Crippen LogP contribution in [0.25, 0.3) is 0 Å². The Morgan fingerprint density at radius 3 is 2.30 bits per heavy atom. The number of nitrogens with one attached hydrogen (secondary N) is 3. The molecular weight excluding hydrogens is 413 g/mol. The van der Waals surface area contributed by atoms with Crippen LogP contribution in [0.1, 0.15) is 71.1 Å². The van der Waals surface area contributed by atoms with Gasteiger partial charge < -0.3 is 15.4 Å².